The lowest BCUT2D eigenvalue weighted by Gasteiger charge is -2.43. The minimum atomic E-state index is -2.12. The zero-order valence-electron chi connectivity index (χ0n) is 16.0. The molecule has 24 heavy (non-hydrogen) atoms. The first-order valence-corrected chi connectivity index (χ1v) is 12.1. The van der Waals surface area contributed by atoms with Crippen LogP contribution in [0.5, 0.6) is 0 Å². The predicted molar refractivity (Wildman–Crippen MR) is 103 cm³/mol. The van der Waals surface area contributed by atoms with E-state index in [1.807, 2.05) is 16.7 Å². The highest BCUT2D eigenvalue weighted by Crippen LogP contribution is 2.44. The number of rotatable bonds is 6. The Balaban J connectivity index is 2.31. The topological polar surface area (TPSA) is 37.4 Å². The van der Waals surface area contributed by atoms with Crippen molar-refractivity contribution in [3.8, 4) is 0 Å². The summed E-state index contributed by atoms with van der Waals surface area (Å²) < 4.78 is 1.84. The molecule has 1 aromatic carbocycles. The van der Waals surface area contributed by atoms with Gasteiger partial charge in [0.25, 0.3) is 11.7 Å². The Morgan fingerprint density at radius 2 is 1.71 bits per heavy atom. The molecule has 0 spiro atoms. The number of amides is 1. The van der Waals surface area contributed by atoms with Crippen molar-refractivity contribution in [3.05, 3.63) is 29.3 Å². The van der Waals surface area contributed by atoms with Gasteiger partial charge in [-0.3, -0.25) is 9.59 Å². The average Bonchev–Trinajstić information content (AvgIpc) is 2.75. The maximum atomic E-state index is 12.7. The second-order valence-electron chi connectivity index (χ2n) is 8.44. The Kier molecular flexibility index (Phi) is 5.38. The summed E-state index contributed by atoms with van der Waals surface area (Å²) in [4.78, 5) is 25.2. The Labute approximate surface area is 147 Å². The van der Waals surface area contributed by atoms with Crippen molar-refractivity contribution in [2.24, 2.45) is 0 Å². The molecule has 0 aliphatic carbocycles. The molecule has 1 aromatic rings. The number of unbranched alkanes of at least 4 members (excludes halogenated alkanes) is 3. The molecular weight excluding hydrogens is 314 g/mol. The Morgan fingerprint density at radius 1 is 1.04 bits per heavy atom. The van der Waals surface area contributed by atoms with Crippen molar-refractivity contribution in [3.63, 3.8) is 0 Å². The molecule has 4 heteroatoms. The van der Waals surface area contributed by atoms with E-state index in [2.05, 4.69) is 46.9 Å². The van der Waals surface area contributed by atoms with E-state index >= 15 is 0 Å². The molecule has 0 fully saturated rings. The predicted octanol–water partition coefficient (Wildman–Crippen LogP) is 5.34. The normalized spacial score (nSPS) is 15.2. The molecule has 2 rings (SSSR count). The van der Waals surface area contributed by atoms with Gasteiger partial charge < -0.3 is 4.57 Å². The first-order chi connectivity index (χ1) is 11.1. The number of nitrogens with zero attached hydrogens (tertiary/aromatic N) is 1. The first-order valence-electron chi connectivity index (χ1n) is 9.13. The number of fused-ring (bicyclic) bond motifs is 1. The molecule has 0 N–H and O–H groups in total. The molecule has 0 aromatic heterocycles. The van der Waals surface area contributed by atoms with Gasteiger partial charge in [0.1, 0.15) is 0 Å². The Bertz CT molecular complexity index is 644. The SMILES string of the molecule is CCCCCCc1ccc2c(c1)C(=O)C(=O)N2[Si](C)(C)C(C)(C)C. The molecule has 1 amide bonds. The van der Waals surface area contributed by atoms with Gasteiger partial charge in [-0.1, -0.05) is 66.1 Å². The molecule has 0 bridgehead atoms. The van der Waals surface area contributed by atoms with Gasteiger partial charge in [0.05, 0.1) is 5.56 Å². The lowest BCUT2D eigenvalue weighted by molar-refractivity contribution is -0.113. The molecule has 0 saturated carbocycles. The highest BCUT2D eigenvalue weighted by molar-refractivity contribution is 6.90. The van der Waals surface area contributed by atoms with Crippen LogP contribution in [-0.2, 0) is 11.2 Å². The third kappa shape index (κ3) is 3.34. The number of Topliss-reactive ketones (excluding diaryl/α,β-unsaturated/α-hetero) is 1. The highest BCUT2D eigenvalue weighted by atomic mass is 28.3. The van der Waals surface area contributed by atoms with Gasteiger partial charge in [0.15, 0.2) is 8.24 Å². The summed E-state index contributed by atoms with van der Waals surface area (Å²) in [6.45, 7) is 13.0. The minimum absolute atomic E-state index is 0.00335. The largest absolute Gasteiger partial charge is 0.333 e. The molecule has 0 atom stereocenters. The van der Waals surface area contributed by atoms with Crippen LogP contribution in [0.15, 0.2) is 18.2 Å². The quantitative estimate of drug-likeness (QED) is 0.396. The van der Waals surface area contributed by atoms with Crippen LogP contribution in [0.2, 0.25) is 18.1 Å². The molecule has 0 radical (unpaired) electrons. The van der Waals surface area contributed by atoms with Gasteiger partial charge in [0, 0.05) is 5.69 Å². The van der Waals surface area contributed by atoms with Crippen molar-refractivity contribution < 1.29 is 9.59 Å². The number of aryl methyl sites for hydroxylation is 1. The molecule has 1 aliphatic rings. The summed E-state index contributed by atoms with van der Waals surface area (Å²) in [5, 5.41) is 0.00335. The fourth-order valence-corrected chi connectivity index (χ4v) is 5.17. The molecule has 0 saturated heterocycles. The van der Waals surface area contributed by atoms with Crippen LogP contribution in [0.4, 0.5) is 5.69 Å². The zero-order chi connectivity index (χ0) is 18.1. The number of carbonyl (C=O) groups excluding carboxylic acids is 2. The standard InChI is InChI=1S/C20H31NO2Si/c1-7-8-9-10-11-15-12-13-17-16(14-15)18(22)19(23)21(17)24(5,6)20(2,3)4/h12-14H,7-11H2,1-6H3. The van der Waals surface area contributed by atoms with E-state index in [9.17, 15) is 9.59 Å². The number of ketones is 1. The minimum Gasteiger partial charge on any atom is -0.333 e. The zero-order valence-corrected chi connectivity index (χ0v) is 17.0. The summed E-state index contributed by atoms with van der Waals surface area (Å²) >= 11 is 0. The van der Waals surface area contributed by atoms with Crippen molar-refractivity contribution in [2.45, 2.75) is 77.9 Å². The van der Waals surface area contributed by atoms with E-state index < -0.39 is 8.24 Å². The van der Waals surface area contributed by atoms with Crippen LogP contribution in [0.3, 0.4) is 0 Å². The molecule has 1 aliphatic heterocycles. The van der Waals surface area contributed by atoms with E-state index in [1.54, 1.807) is 0 Å². The van der Waals surface area contributed by atoms with Gasteiger partial charge in [-0.2, -0.15) is 0 Å². The number of hydrogen-bond donors (Lipinski definition) is 0. The number of benzene rings is 1. The maximum absolute atomic E-state index is 12.7. The van der Waals surface area contributed by atoms with E-state index in [0.29, 0.717) is 5.56 Å². The van der Waals surface area contributed by atoms with Crippen LogP contribution >= 0.6 is 0 Å². The number of carbonyl (C=O) groups is 2. The molecule has 3 nitrogen and oxygen atoms in total. The molecule has 0 unspecified atom stereocenters. The summed E-state index contributed by atoms with van der Waals surface area (Å²) in [6.07, 6.45) is 5.81. The first kappa shape index (κ1) is 18.9. The van der Waals surface area contributed by atoms with Crippen LogP contribution in [0, 0.1) is 0 Å². The second kappa shape index (κ2) is 6.83. The van der Waals surface area contributed by atoms with Crippen LogP contribution < -0.4 is 4.57 Å². The third-order valence-corrected chi connectivity index (χ3v) is 10.9. The van der Waals surface area contributed by atoms with Crippen LogP contribution in [0.25, 0.3) is 0 Å². The lowest BCUT2D eigenvalue weighted by atomic mass is 10.0. The molecule has 132 valence electrons. The van der Waals surface area contributed by atoms with E-state index in [4.69, 9.17) is 0 Å². The van der Waals surface area contributed by atoms with Crippen molar-refractivity contribution in [2.75, 3.05) is 4.57 Å². The second-order valence-corrected chi connectivity index (χ2v) is 13.5. The summed E-state index contributed by atoms with van der Waals surface area (Å²) in [7, 11) is -2.12. The third-order valence-electron chi connectivity index (χ3n) is 5.66. The van der Waals surface area contributed by atoms with Gasteiger partial charge in [-0.15, -0.1) is 0 Å². The Hall–Kier alpha value is -1.42. The van der Waals surface area contributed by atoms with Gasteiger partial charge >= 0.3 is 0 Å². The smallest absolute Gasteiger partial charge is 0.291 e. The van der Waals surface area contributed by atoms with Crippen molar-refractivity contribution in [1.29, 1.82) is 0 Å². The monoisotopic (exact) mass is 345 g/mol. The maximum Gasteiger partial charge on any atom is 0.291 e. The van der Waals surface area contributed by atoms with Crippen LogP contribution in [0.1, 0.15) is 69.3 Å². The van der Waals surface area contributed by atoms with Gasteiger partial charge in [-0.05, 0) is 35.6 Å². The summed E-state index contributed by atoms with van der Waals surface area (Å²) in [5.74, 6) is -0.662. The summed E-state index contributed by atoms with van der Waals surface area (Å²) in [5.41, 5.74) is 2.61. The van der Waals surface area contributed by atoms with E-state index in [0.717, 1.165) is 18.5 Å². The Morgan fingerprint density at radius 3 is 2.29 bits per heavy atom. The van der Waals surface area contributed by atoms with E-state index in [1.165, 1.54) is 24.8 Å². The number of anilines is 1. The van der Waals surface area contributed by atoms with Gasteiger partial charge in [0.2, 0.25) is 0 Å². The van der Waals surface area contributed by atoms with Crippen molar-refractivity contribution >= 4 is 25.6 Å². The fourth-order valence-electron chi connectivity index (χ4n) is 3.09. The number of hydrogen-bond acceptors (Lipinski definition) is 2. The van der Waals surface area contributed by atoms with E-state index in [-0.39, 0.29) is 16.7 Å². The average molecular weight is 346 g/mol. The fraction of sp³-hybridized carbons (Fsp3) is 0.600. The molecular formula is C20H31NO2Si. The lowest BCUT2D eigenvalue weighted by Crippen LogP contribution is -2.57. The van der Waals surface area contributed by atoms with Gasteiger partial charge in [-0.25, -0.2) is 0 Å². The van der Waals surface area contributed by atoms with Crippen molar-refractivity contribution in [1.82, 2.24) is 0 Å². The van der Waals surface area contributed by atoms with Crippen LogP contribution in [-0.4, -0.2) is 19.9 Å². The molecule has 1 heterocycles. The highest BCUT2D eigenvalue weighted by Gasteiger charge is 2.50. The summed E-state index contributed by atoms with van der Waals surface area (Å²) in [6, 6.07) is 6.04.